The van der Waals surface area contributed by atoms with E-state index < -0.39 is 0 Å². The van der Waals surface area contributed by atoms with E-state index in [4.69, 9.17) is 5.73 Å². The standard InChI is InChI=1S/C13H19N.ClH/c1-9(2)11-4-6-12(7-5-11)13(14)8-10(13)3;/h4-7,9-10H,8,14H2,1-3H3;1H/t10-,13+;/m1./s1. The summed E-state index contributed by atoms with van der Waals surface area (Å²) in [6.07, 6.45) is 1.13. The van der Waals surface area contributed by atoms with Crippen molar-refractivity contribution in [3.8, 4) is 0 Å². The van der Waals surface area contributed by atoms with Crippen molar-refractivity contribution in [3.63, 3.8) is 0 Å². The van der Waals surface area contributed by atoms with Crippen LogP contribution in [0.3, 0.4) is 0 Å². The smallest absolute Gasteiger partial charge is 0.0439 e. The van der Waals surface area contributed by atoms with E-state index in [9.17, 15) is 0 Å². The normalized spacial score (nSPS) is 28.7. The van der Waals surface area contributed by atoms with E-state index in [0.717, 1.165) is 6.42 Å². The van der Waals surface area contributed by atoms with Crippen LogP contribution < -0.4 is 5.73 Å². The summed E-state index contributed by atoms with van der Waals surface area (Å²) in [7, 11) is 0. The Morgan fingerprint density at radius 3 is 2.07 bits per heavy atom. The van der Waals surface area contributed by atoms with Crippen molar-refractivity contribution in [1.29, 1.82) is 0 Å². The van der Waals surface area contributed by atoms with Crippen molar-refractivity contribution in [1.82, 2.24) is 0 Å². The minimum Gasteiger partial charge on any atom is -0.321 e. The first-order chi connectivity index (χ1) is 6.54. The maximum absolute atomic E-state index is 6.24. The lowest BCUT2D eigenvalue weighted by molar-refractivity contribution is 0.664. The van der Waals surface area contributed by atoms with Gasteiger partial charge in [0.2, 0.25) is 0 Å². The minimum atomic E-state index is -0.0183. The van der Waals surface area contributed by atoms with Crippen LogP contribution in [0.2, 0.25) is 0 Å². The number of nitrogens with two attached hydrogens (primary N) is 1. The second-order valence-electron chi connectivity index (χ2n) is 4.92. The fraction of sp³-hybridized carbons (Fsp3) is 0.538. The van der Waals surface area contributed by atoms with Crippen LogP contribution in [0.15, 0.2) is 24.3 Å². The topological polar surface area (TPSA) is 26.0 Å². The first kappa shape index (κ1) is 12.5. The molecule has 2 heteroatoms. The molecular weight excluding hydrogens is 206 g/mol. The molecule has 0 aliphatic heterocycles. The van der Waals surface area contributed by atoms with Crippen molar-refractivity contribution in [3.05, 3.63) is 35.4 Å². The maximum Gasteiger partial charge on any atom is 0.0439 e. The second-order valence-corrected chi connectivity index (χ2v) is 4.92. The monoisotopic (exact) mass is 225 g/mol. The average Bonchev–Trinajstić information content (AvgIpc) is 2.76. The molecule has 0 amide bonds. The summed E-state index contributed by atoms with van der Waals surface area (Å²) in [4.78, 5) is 0. The Hall–Kier alpha value is -0.530. The molecule has 1 saturated carbocycles. The van der Waals surface area contributed by atoms with Gasteiger partial charge in [0.1, 0.15) is 0 Å². The van der Waals surface area contributed by atoms with Gasteiger partial charge in [-0.3, -0.25) is 0 Å². The van der Waals surface area contributed by atoms with Crippen molar-refractivity contribution >= 4 is 12.4 Å². The minimum absolute atomic E-state index is 0. The number of hydrogen-bond donors (Lipinski definition) is 1. The fourth-order valence-corrected chi connectivity index (χ4v) is 2.03. The summed E-state index contributed by atoms with van der Waals surface area (Å²) in [5.41, 5.74) is 8.91. The van der Waals surface area contributed by atoms with Crippen LogP contribution in [0.4, 0.5) is 0 Å². The molecule has 2 N–H and O–H groups in total. The van der Waals surface area contributed by atoms with Crippen molar-refractivity contribution in [2.24, 2.45) is 11.7 Å². The van der Waals surface area contributed by atoms with Gasteiger partial charge in [0.15, 0.2) is 0 Å². The largest absolute Gasteiger partial charge is 0.321 e. The van der Waals surface area contributed by atoms with Gasteiger partial charge in [-0.05, 0) is 29.4 Å². The van der Waals surface area contributed by atoms with E-state index in [-0.39, 0.29) is 17.9 Å². The van der Waals surface area contributed by atoms with Gasteiger partial charge in [0, 0.05) is 5.54 Å². The zero-order valence-corrected chi connectivity index (χ0v) is 10.5. The molecule has 1 aliphatic rings. The van der Waals surface area contributed by atoms with Gasteiger partial charge in [-0.1, -0.05) is 45.0 Å². The zero-order chi connectivity index (χ0) is 10.3. The van der Waals surface area contributed by atoms with Crippen LogP contribution in [0.5, 0.6) is 0 Å². The molecule has 0 bridgehead atoms. The Balaban J connectivity index is 0.00000112. The van der Waals surface area contributed by atoms with E-state index in [1.165, 1.54) is 11.1 Å². The maximum atomic E-state index is 6.24. The van der Waals surface area contributed by atoms with Crippen LogP contribution in [-0.2, 0) is 5.54 Å². The van der Waals surface area contributed by atoms with E-state index in [2.05, 4.69) is 45.0 Å². The van der Waals surface area contributed by atoms with E-state index in [1.807, 2.05) is 0 Å². The van der Waals surface area contributed by atoms with Gasteiger partial charge in [-0.15, -0.1) is 12.4 Å². The molecule has 0 saturated heterocycles. The summed E-state index contributed by atoms with van der Waals surface area (Å²) in [6, 6.07) is 8.80. The molecule has 1 aromatic carbocycles. The molecule has 2 atom stereocenters. The van der Waals surface area contributed by atoms with E-state index in [0.29, 0.717) is 11.8 Å². The van der Waals surface area contributed by atoms with Gasteiger partial charge in [0.25, 0.3) is 0 Å². The number of rotatable bonds is 2. The van der Waals surface area contributed by atoms with Crippen LogP contribution in [0.1, 0.15) is 44.2 Å². The van der Waals surface area contributed by atoms with Crippen molar-refractivity contribution in [2.75, 3.05) is 0 Å². The van der Waals surface area contributed by atoms with Gasteiger partial charge in [-0.2, -0.15) is 0 Å². The third kappa shape index (κ3) is 2.19. The summed E-state index contributed by atoms with van der Waals surface area (Å²) in [5.74, 6) is 1.25. The Labute approximate surface area is 98.5 Å². The van der Waals surface area contributed by atoms with E-state index >= 15 is 0 Å². The summed E-state index contributed by atoms with van der Waals surface area (Å²) in [6.45, 7) is 6.65. The quantitative estimate of drug-likeness (QED) is 0.820. The average molecular weight is 226 g/mol. The summed E-state index contributed by atoms with van der Waals surface area (Å²) < 4.78 is 0. The Kier molecular flexibility index (Phi) is 3.47. The first-order valence-electron chi connectivity index (χ1n) is 5.43. The van der Waals surface area contributed by atoms with Crippen molar-refractivity contribution < 1.29 is 0 Å². The zero-order valence-electron chi connectivity index (χ0n) is 9.66. The fourth-order valence-electron chi connectivity index (χ4n) is 2.03. The molecule has 0 radical (unpaired) electrons. The lowest BCUT2D eigenvalue weighted by Gasteiger charge is -2.12. The highest BCUT2D eigenvalue weighted by Gasteiger charge is 2.48. The number of halogens is 1. The highest BCUT2D eigenvalue weighted by molar-refractivity contribution is 5.85. The van der Waals surface area contributed by atoms with Crippen LogP contribution in [0.25, 0.3) is 0 Å². The molecular formula is C13H20ClN. The number of benzene rings is 1. The summed E-state index contributed by atoms with van der Waals surface area (Å²) >= 11 is 0. The molecule has 1 fully saturated rings. The van der Waals surface area contributed by atoms with Crippen LogP contribution >= 0.6 is 12.4 Å². The third-order valence-corrected chi connectivity index (χ3v) is 3.48. The number of hydrogen-bond acceptors (Lipinski definition) is 1. The Bertz CT molecular complexity index is 331. The van der Waals surface area contributed by atoms with Crippen LogP contribution in [-0.4, -0.2) is 0 Å². The molecule has 0 unspecified atom stereocenters. The summed E-state index contributed by atoms with van der Waals surface area (Å²) in [5, 5.41) is 0. The lowest BCUT2D eigenvalue weighted by atomic mass is 9.97. The molecule has 0 heterocycles. The third-order valence-electron chi connectivity index (χ3n) is 3.48. The molecule has 1 nitrogen and oxygen atoms in total. The molecule has 0 spiro atoms. The highest BCUT2D eigenvalue weighted by Crippen LogP contribution is 2.49. The van der Waals surface area contributed by atoms with Gasteiger partial charge < -0.3 is 5.73 Å². The molecule has 0 aromatic heterocycles. The van der Waals surface area contributed by atoms with E-state index in [1.54, 1.807) is 0 Å². The first-order valence-corrected chi connectivity index (χ1v) is 5.43. The van der Waals surface area contributed by atoms with Crippen LogP contribution in [0, 0.1) is 5.92 Å². The molecule has 15 heavy (non-hydrogen) atoms. The predicted molar refractivity (Wildman–Crippen MR) is 67.4 cm³/mol. The second kappa shape index (κ2) is 4.15. The molecule has 84 valence electrons. The van der Waals surface area contributed by atoms with Gasteiger partial charge in [0.05, 0.1) is 0 Å². The lowest BCUT2D eigenvalue weighted by Crippen LogP contribution is -2.21. The highest BCUT2D eigenvalue weighted by atomic mass is 35.5. The molecule has 1 aliphatic carbocycles. The Morgan fingerprint density at radius 1 is 1.27 bits per heavy atom. The van der Waals surface area contributed by atoms with Gasteiger partial charge in [-0.25, -0.2) is 0 Å². The Morgan fingerprint density at radius 2 is 1.73 bits per heavy atom. The predicted octanol–water partition coefficient (Wildman–Crippen LogP) is 3.43. The SMILES string of the molecule is CC(C)c1ccc([C@]2(N)C[C@H]2C)cc1.Cl. The van der Waals surface area contributed by atoms with Crippen molar-refractivity contribution in [2.45, 2.75) is 38.6 Å². The van der Waals surface area contributed by atoms with Gasteiger partial charge >= 0.3 is 0 Å². The molecule has 2 rings (SSSR count). The molecule has 1 aromatic rings.